The predicted octanol–water partition coefficient (Wildman–Crippen LogP) is 3.94. The molecule has 7 heteroatoms. The van der Waals surface area contributed by atoms with E-state index < -0.39 is 0 Å². The molecule has 0 unspecified atom stereocenters. The molecule has 2 aromatic carbocycles. The van der Waals surface area contributed by atoms with Crippen molar-refractivity contribution >= 4 is 28.6 Å². The molecule has 3 rings (SSSR count). The van der Waals surface area contributed by atoms with Gasteiger partial charge in [0.2, 0.25) is 0 Å². The fourth-order valence-corrected chi connectivity index (χ4v) is 3.43. The maximum absolute atomic E-state index is 12.2. The van der Waals surface area contributed by atoms with E-state index in [2.05, 4.69) is 34.6 Å². The van der Waals surface area contributed by atoms with Gasteiger partial charge in [0.05, 0.1) is 11.9 Å². The summed E-state index contributed by atoms with van der Waals surface area (Å²) in [5, 5.41) is 4.39. The number of thiazole rings is 1. The second-order valence-electron chi connectivity index (χ2n) is 6.23. The summed E-state index contributed by atoms with van der Waals surface area (Å²) < 4.78 is 5.80. The first-order valence-electron chi connectivity index (χ1n) is 8.92. The zero-order valence-electron chi connectivity index (χ0n) is 15.8. The molecule has 0 aliphatic heterocycles. The minimum absolute atomic E-state index is 0.305. The molecule has 0 atom stereocenters. The smallest absolute Gasteiger partial charge is 0.283 e. The van der Waals surface area contributed by atoms with E-state index in [0.29, 0.717) is 28.7 Å². The largest absolute Gasteiger partial charge is 0.489 e. The summed E-state index contributed by atoms with van der Waals surface area (Å²) in [6, 6.07) is 15.7. The van der Waals surface area contributed by atoms with Gasteiger partial charge in [-0.1, -0.05) is 48.1 Å². The van der Waals surface area contributed by atoms with Gasteiger partial charge in [0.1, 0.15) is 17.2 Å². The summed E-state index contributed by atoms with van der Waals surface area (Å²) in [6.45, 7) is 4.50. The number of ether oxygens (including phenoxy) is 1. The van der Waals surface area contributed by atoms with Crippen LogP contribution in [0.1, 0.15) is 39.0 Å². The number of nitrogen functional groups attached to an aromatic ring is 1. The zero-order chi connectivity index (χ0) is 19.9. The molecule has 1 amide bonds. The SMILES string of the molecule is CCc1nc(N)sc1C(=O)N/N=C\c1ccc(OCc2cccc(C)c2)cc1. The summed E-state index contributed by atoms with van der Waals surface area (Å²) >= 11 is 1.16. The molecule has 3 aromatic rings. The van der Waals surface area contributed by atoms with Gasteiger partial charge in [-0.3, -0.25) is 4.79 Å². The fraction of sp³-hybridized carbons (Fsp3) is 0.190. The van der Waals surface area contributed by atoms with Crippen molar-refractivity contribution in [3.63, 3.8) is 0 Å². The summed E-state index contributed by atoms with van der Waals surface area (Å²) in [4.78, 5) is 16.8. The van der Waals surface area contributed by atoms with Crippen LogP contribution in [-0.4, -0.2) is 17.1 Å². The highest BCUT2D eigenvalue weighted by atomic mass is 32.1. The third-order valence-corrected chi connectivity index (χ3v) is 4.93. The van der Waals surface area contributed by atoms with E-state index in [9.17, 15) is 4.79 Å². The Morgan fingerprint density at radius 3 is 2.79 bits per heavy atom. The standard InChI is InChI=1S/C21H22N4O2S/c1-3-18-19(28-21(22)24-18)20(26)25-23-12-15-7-9-17(10-8-15)27-13-16-6-4-5-14(2)11-16/h4-12H,3,13H2,1-2H3,(H2,22,24)(H,25,26)/b23-12-. The van der Waals surface area contributed by atoms with Gasteiger partial charge in [-0.25, -0.2) is 10.4 Å². The molecule has 1 aromatic heterocycles. The number of carbonyl (C=O) groups excluding carboxylic acids is 1. The number of nitrogens with zero attached hydrogens (tertiary/aromatic N) is 2. The minimum atomic E-state index is -0.305. The number of hydrogen-bond acceptors (Lipinski definition) is 6. The number of nitrogens with two attached hydrogens (primary N) is 1. The highest BCUT2D eigenvalue weighted by molar-refractivity contribution is 7.17. The first kappa shape index (κ1) is 19.6. The van der Waals surface area contributed by atoms with Crippen LogP contribution in [0.15, 0.2) is 53.6 Å². The van der Waals surface area contributed by atoms with Gasteiger partial charge in [0, 0.05) is 0 Å². The van der Waals surface area contributed by atoms with Crippen LogP contribution in [0.3, 0.4) is 0 Å². The van der Waals surface area contributed by atoms with Crippen molar-refractivity contribution < 1.29 is 9.53 Å². The molecule has 0 saturated heterocycles. The number of aromatic nitrogens is 1. The molecule has 0 aliphatic carbocycles. The lowest BCUT2D eigenvalue weighted by Gasteiger charge is -2.07. The van der Waals surface area contributed by atoms with Crippen LogP contribution in [0, 0.1) is 6.92 Å². The first-order chi connectivity index (χ1) is 13.5. The Bertz CT molecular complexity index is 980. The van der Waals surface area contributed by atoms with Gasteiger partial charge in [0.25, 0.3) is 5.91 Å². The minimum Gasteiger partial charge on any atom is -0.489 e. The summed E-state index contributed by atoms with van der Waals surface area (Å²) in [7, 11) is 0. The van der Waals surface area contributed by atoms with Crippen LogP contribution < -0.4 is 15.9 Å². The van der Waals surface area contributed by atoms with Gasteiger partial charge in [-0.05, 0) is 48.7 Å². The van der Waals surface area contributed by atoms with E-state index in [1.165, 1.54) is 5.56 Å². The van der Waals surface area contributed by atoms with Crippen molar-refractivity contribution in [2.45, 2.75) is 26.9 Å². The van der Waals surface area contributed by atoms with E-state index in [1.54, 1.807) is 6.21 Å². The molecule has 0 bridgehead atoms. The molecule has 6 nitrogen and oxygen atoms in total. The number of carbonyl (C=O) groups is 1. The molecule has 144 valence electrons. The third-order valence-electron chi connectivity index (χ3n) is 4.00. The van der Waals surface area contributed by atoms with Crippen molar-refractivity contribution in [2.75, 3.05) is 5.73 Å². The Kier molecular flexibility index (Phi) is 6.39. The molecule has 28 heavy (non-hydrogen) atoms. The highest BCUT2D eigenvalue weighted by Crippen LogP contribution is 2.20. The molecule has 1 heterocycles. The molecule has 0 radical (unpaired) electrons. The molecule has 0 aliphatic rings. The maximum Gasteiger partial charge on any atom is 0.283 e. The number of hydrogen-bond donors (Lipinski definition) is 2. The first-order valence-corrected chi connectivity index (χ1v) is 9.73. The second kappa shape index (κ2) is 9.14. The average Bonchev–Trinajstić information content (AvgIpc) is 3.08. The number of anilines is 1. The lowest BCUT2D eigenvalue weighted by atomic mass is 10.1. The number of hydrazone groups is 1. The molecule has 3 N–H and O–H groups in total. The van der Waals surface area contributed by atoms with Crippen LogP contribution in [0.4, 0.5) is 5.13 Å². The van der Waals surface area contributed by atoms with Crippen LogP contribution in [0.25, 0.3) is 0 Å². The van der Waals surface area contributed by atoms with Crippen molar-refractivity contribution in [3.8, 4) is 5.75 Å². The molecule has 0 saturated carbocycles. The van der Waals surface area contributed by atoms with Gasteiger partial charge in [-0.15, -0.1) is 0 Å². The lowest BCUT2D eigenvalue weighted by molar-refractivity contribution is 0.0958. The number of benzene rings is 2. The van der Waals surface area contributed by atoms with Crippen LogP contribution >= 0.6 is 11.3 Å². The topological polar surface area (TPSA) is 89.6 Å². The molecule has 0 fully saturated rings. The Hall–Kier alpha value is -3.19. The van der Waals surface area contributed by atoms with E-state index in [1.807, 2.05) is 43.3 Å². The third kappa shape index (κ3) is 5.17. The number of aryl methyl sites for hydroxylation is 2. The van der Waals surface area contributed by atoms with Gasteiger partial charge >= 0.3 is 0 Å². The van der Waals surface area contributed by atoms with Crippen LogP contribution in [-0.2, 0) is 13.0 Å². The van der Waals surface area contributed by atoms with E-state index >= 15 is 0 Å². The Morgan fingerprint density at radius 1 is 1.29 bits per heavy atom. The van der Waals surface area contributed by atoms with E-state index in [-0.39, 0.29) is 5.91 Å². The average molecular weight is 395 g/mol. The molecular formula is C21H22N4O2S. The van der Waals surface area contributed by atoms with Crippen molar-refractivity contribution in [1.29, 1.82) is 0 Å². The van der Waals surface area contributed by atoms with Crippen molar-refractivity contribution in [3.05, 3.63) is 75.8 Å². The summed E-state index contributed by atoms with van der Waals surface area (Å²) in [6.07, 6.45) is 2.22. The summed E-state index contributed by atoms with van der Waals surface area (Å²) in [5.41, 5.74) is 12.1. The normalized spacial score (nSPS) is 10.9. The van der Waals surface area contributed by atoms with Crippen LogP contribution in [0.5, 0.6) is 5.75 Å². The molecule has 0 spiro atoms. The van der Waals surface area contributed by atoms with E-state index in [4.69, 9.17) is 10.5 Å². The second-order valence-corrected chi connectivity index (χ2v) is 7.26. The number of rotatable bonds is 7. The number of amides is 1. The predicted molar refractivity (Wildman–Crippen MR) is 113 cm³/mol. The van der Waals surface area contributed by atoms with Gasteiger partial charge in [-0.2, -0.15) is 5.10 Å². The van der Waals surface area contributed by atoms with E-state index in [0.717, 1.165) is 28.2 Å². The van der Waals surface area contributed by atoms with Crippen molar-refractivity contribution in [1.82, 2.24) is 10.4 Å². The maximum atomic E-state index is 12.2. The van der Waals surface area contributed by atoms with Gasteiger partial charge < -0.3 is 10.5 Å². The quantitative estimate of drug-likeness (QED) is 0.469. The highest BCUT2D eigenvalue weighted by Gasteiger charge is 2.15. The Balaban J connectivity index is 1.54. The number of nitrogens with one attached hydrogen (secondary N) is 1. The van der Waals surface area contributed by atoms with Gasteiger partial charge in [0.15, 0.2) is 5.13 Å². The Labute approximate surface area is 168 Å². The van der Waals surface area contributed by atoms with Crippen LogP contribution in [0.2, 0.25) is 0 Å². The Morgan fingerprint density at radius 2 is 2.07 bits per heavy atom. The summed E-state index contributed by atoms with van der Waals surface area (Å²) in [5.74, 6) is 0.468. The zero-order valence-corrected chi connectivity index (χ0v) is 16.6. The molecular weight excluding hydrogens is 372 g/mol. The van der Waals surface area contributed by atoms with Crippen molar-refractivity contribution in [2.24, 2.45) is 5.10 Å². The monoisotopic (exact) mass is 394 g/mol. The fourth-order valence-electron chi connectivity index (χ4n) is 2.62. The lowest BCUT2D eigenvalue weighted by Crippen LogP contribution is -2.17.